The first kappa shape index (κ1) is 16.1. The van der Waals surface area contributed by atoms with E-state index >= 15 is 0 Å². The Morgan fingerprint density at radius 1 is 1.61 bits per heavy atom. The topological polar surface area (TPSA) is 73.5 Å². The summed E-state index contributed by atoms with van der Waals surface area (Å²) >= 11 is 5.79. The van der Waals surface area contributed by atoms with Crippen LogP contribution < -0.4 is 0 Å². The minimum Gasteiger partial charge on any atom is -0.478 e. The Labute approximate surface area is 111 Å². The van der Waals surface area contributed by atoms with Crippen molar-refractivity contribution in [1.82, 2.24) is 0 Å². The highest BCUT2D eigenvalue weighted by atomic mass is 35.5. The van der Waals surface area contributed by atoms with Crippen molar-refractivity contribution in [2.24, 2.45) is 4.99 Å². The van der Waals surface area contributed by atoms with Gasteiger partial charge in [-0.05, 0) is 37.1 Å². The summed E-state index contributed by atoms with van der Waals surface area (Å²) in [7, 11) is 0. The Morgan fingerprint density at radius 3 is 2.56 bits per heavy atom. The molecule has 96 valence electrons. The molecule has 2 N–H and O–H groups in total. The Hall–Kier alpha value is -1.90. The summed E-state index contributed by atoms with van der Waals surface area (Å²) in [5, 5.41) is 15.3. The molecule has 1 aromatic rings. The van der Waals surface area contributed by atoms with Crippen molar-refractivity contribution in [2.45, 2.75) is 20.3 Å². The standard InChI is InChI=1S/C9H9ClN2.C4H6O2/c1-2-7-5-8(10)3-4-9(7)12-6-11;1-3(2)4(5)6/h3-5,11H,2H2,1H3;1H2,2H3,(H,5,6). The summed E-state index contributed by atoms with van der Waals surface area (Å²) in [5.41, 5.74) is 1.99. The van der Waals surface area contributed by atoms with Crippen molar-refractivity contribution in [3.05, 3.63) is 40.9 Å². The largest absolute Gasteiger partial charge is 0.478 e. The smallest absolute Gasteiger partial charge is 0.330 e. The van der Waals surface area contributed by atoms with E-state index in [0.717, 1.165) is 17.7 Å². The number of carboxylic acids is 1. The number of aryl methyl sites for hydroxylation is 1. The van der Waals surface area contributed by atoms with E-state index in [9.17, 15) is 4.79 Å². The van der Waals surface area contributed by atoms with Gasteiger partial charge in [-0.2, -0.15) is 4.99 Å². The first-order valence-electron chi connectivity index (χ1n) is 5.22. The molecule has 0 bridgehead atoms. The van der Waals surface area contributed by atoms with Crippen LogP contribution in [0.4, 0.5) is 5.69 Å². The molecule has 0 aliphatic heterocycles. The maximum Gasteiger partial charge on any atom is 0.330 e. The minimum atomic E-state index is -0.935. The van der Waals surface area contributed by atoms with Gasteiger partial charge in [0, 0.05) is 10.6 Å². The van der Waals surface area contributed by atoms with E-state index in [1.165, 1.54) is 6.92 Å². The fourth-order valence-electron chi connectivity index (χ4n) is 1.01. The van der Waals surface area contributed by atoms with Crippen LogP contribution in [0.5, 0.6) is 0 Å². The van der Waals surface area contributed by atoms with E-state index in [-0.39, 0.29) is 5.57 Å². The van der Waals surface area contributed by atoms with Crippen molar-refractivity contribution >= 4 is 29.3 Å². The van der Waals surface area contributed by atoms with Crippen LogP contribution in [0.15, 0.2) is 35.3 Å². The summed E-state index contributed by atoms with van der Waals surface area (Å²) in [6.07, 6.45) is 0.862. The van der Waals surface area contributed by atoms with E-state index in [4.69, 9.17) is 22.1 Å². The molecule has 1 aromatic carbocycles. The molecule has 18 heavy (non-hydrogen) atoms. The molecular weight excluding hydrogens is 252 g/mol. The fourth-order valence-corrected chi connectivity index (χ4v) is 1.20. The minimum absolute atomic E-state index is 0.176. The lowest BCUT2D eigenvalue weighted by atomic mass is 10.1. The van der Waals surface area contributed by atoms with Crippen LogP contribution >= 0.6 is 11.6 Å². The molecule has 0 aliphatic rings. The molecule has 0 radical (unpaired) electrons. The summed E-state index contributed by atoms with van der Waals surface area (Å²) in [4.78, 5) is 13.4. The van der Waals surface area contributed by atoms with Crippen LogP contribution in [0, 0.1) is 5.41 Å². The van der Waals surface area contributed by atoms with Crippen molar-refractivity contribution in [3.8, 4) is 0 Å². The van der Waals surface area contributed by atoms with Crippen LogP contribution in [0.2, 0.25) is 5.02 Å². The van der Waals surface area contributed by atoms with Crippen molar-refractivity contribution in [1.29, 1.82) is 5.41 Å². The van der Waals surface area contributed by atoms with E-state index in [0.29, 0.717) is 5.02 Å². The van der Waals surface area contributed by atoms with Crippen molar-refractivity contribution < 1.29 is 9.90 Å². The van der Waals surface area contributed by atoms with E-state index in [1.807, 2.05) is 19.0 Å². The zero-order valence-electron chi connectivity index (χ0n) is 10.3. The number of hydrogen-bond acceptors (Lipinski definition) is 3. The molecule has 5 heteroatoms. The first-order valence-corrected chi connectivity index (χ1v) is 5.59. The Balaban J connectivity index is 0.000000411. The molecule has 0 spiro atoms. The lowest BCUT2D eigenvalue weighted by Gasteiger charge is -2.00. The summed E-state index contributed by atoms with van der Waals surface area (Å²) < 4.78 is 0. The predicted octanol–water partition coefficient (Wildman–Crippen LogP) is 3.93. The van der Waals surface area contributed by atoms with Gasteiger partial charge in [0.2, 0.25) is 0 Å². The fraction of sp³-hybridized carbons (Fsp3) is 0.231. The maximum atomic E-state index is 9.60. The Morgan fingerprint density at radius 2 is 2.17 bits per heavy atom. The molecule has 0 aliphatic carbocycles. The van der Waals surface area contributed by atoms with Crippen LogP contribution in [-0.4, -0.2) is 17.1 Å². The number of halogens is 1. The van der Waals surface area contributed by atoms with Crippen LogP contribution in [0.1, 0.15) is 19.4 Å². The Bertz CT molecular complexity index is 480. The predicted molar refractivity (Wildman–Crippen MR) is 73.1 cm³/mol. The van der Waals surface area contributed by atoms with Crippen LogP contribution in [0.25, 0.3) is 0 Å². The Kier molecular flexibility index (Phi) is 7.36. The van der Waals surface area contributed by atoms with Gasteiger partial charge in [0.15, 0.2) is 0 Å². The van der Waals surface area contributed by atoms with Gasteiger partial charge in [-0.3, -0.25) is 0 Å². The number of hydrogen-bond donors (Lipinski definition) is 2. The van der Waals surface area contributed by atoms with Gasteiger partial charge in [-0.25, -0.2) is 10.2 Å². The van der Waals surface area contributed by atoms with Gasteiger partial charge < -0.3 is 5.11 Å². The highest BCUT2D eigenvalue weighted by molar-refractivity contribution is 6.30. The molecule has 0 saturated carbocycles. The molecule has 0 atom stereocenters. The quantitative estimate of drug-likeness (QED) is 0.642. The lowest BCUT2D eigenvalue weighted by molar-refractivity contribution is -0.132. The summed E-state index contributed by atoms with van der Waals surface area (Å²) in [5.74, 6) is -0.935. The number of aliphatic imine (C=N–C) groups is 1. The molecule has 0 amide bonds. The second-order valence-electron chi connectivity index (χ2n) is 3.44. The zero-order chi connectivity index (χ0) is 14.1. The summed E-state index contributed by atoms with van der Waals surface area (Å²) in [6, 6.07) is 7.42. The van der Waals surface area contributed by atoms with Crippen molar-refractivity contribution in [2.75, 3.05) is 0 Å². The van der Waals surface area contributed by atoms with Gasteiger partial charge in [-0.15, -0.1) is 0 Å². The summed E-state index contributed by atoms with van der Waals surface area (Å²) in [6.45, 7) is 6.62. The highest BCUT2D eigenvalue weighted by Crippen LogP contribution is 2.22. The normalized spacial score (nSPS) is 8.61. The molecule has 0 aromatic heterocycles. The average molecular weight is 267 g/mol. The third kappa shape index (κ3) is 5.99. The number of rotatable bonds is 3. The average Bonchev–Trinajstić information content (AvgIpc) is 2.32. The van der Waals surface area contributed by atoms with Gasteiger partial charge in [0.1, 0.15) is 0 Å². The number of carbonyl (C=O) groups is 1. The molecular formula is C13H15ClN2O2. The maximum absolute atomic E-state index is 9.60. The number of aliphatic carboxylic acids is 1. The van der Waals surface area contributed by atoms with E-state index < -0.39 is 5.97 Å². The van der Waals surface area contributed by atoms with E-state index in [2.05, 4.69) is 11.6 Å². The second kappa shape index (κ2) is 8.23. The number of nitrogens with zero attached hydrogens (tertiary/aromatic N) is 1. The van der Waals surface area contributed by atoms with Crippen LogP contribution in [0.3, 0.4) is 0 Å². The highest BCUT2D eigenvalue weighted by Gasteiger charge is 1.98. The van der Waals surface area contributed by atoms with Gasteiger partial charge in [0.25, 0.3) is 0 Å². The number of benzene rings is 1. The SMILES string of the molecule is C=C(C)C(=O)O.CCc1cc(Cl)ccc1N=C=N. The van der Waals surface area contributed by atoms with E-state index in [1.54, 1.807) is 12.1 Å². The number of carboxylic acid groups (broad SMARTS) is 1. The third-order valence-electron chi connectivity index (χ3n) is 1.96. The first-order chi connectivity index (χ1) is 8.42. The van der Waals surface area contributed by atoms with Crippen molar-refractivity contribution in [3.63, 3.8) is 0 Å². The molecule has 1 rings (SSSR count). The zero-order valence-corrected chi connectivity index (χ0v) is 11.1. The van der Waals surface area contributed by atoms with Gasteiger partial charge >= 0.3 is 5.97 Å². The number of nitrogens with one attached hydrogen (secondary N) is 1. The molecule has 0 unspecified atom stereocenters. The molecule has 0 fully saturated rings. The van der Waals surface area contributed by atoms with Gasteiger partial charge in [0.05, 0.1) is 11.7 Å². The molecule has 0 heterocycles. The molecule has 4 nitrogen and oxygen atoms in total. The monoisotopic (exact) mass is 266 g/mol. The lowest BCUT2D eigenvalue weighted by Crippen LogP contribution is -1.92. The third-order valence-corrected chi connectivity index (χ3v) is 2.20. The van der Waals surface area contributed by atoms with Gasteiger partial charge in [-0.1, -0.05) is 25.1 Å². The molecule has 0 saturated heterocycles. The van der Waals surface area contributed by atoms with Crippen LogP contribution in [-0.2, 0) is 11.2 Å². The second-order valence-corrected chi connectivity index (χ2v) is 3.87.